The van der Waals surface area contributed by atoms with Crippen LogP contribution in [0.4, 0.5) is 0 Å². The maximum atomic E-state index is 10.9. The standard InChI is InChI=1S/C12H19N3O2/c1-9(3-2-6-16)15-12(7-10-4-5-10)11(8-17)13-14-15/h8-10,16H,2-7H2,1H3. The summed E-state index contributed by atoms with van der Waals surface area (Å²) in [6.45, 7) is 2.24. The van der Waals surface area contributed by atoms with Crippen LogP contribution in [-0.2, 0) is 6.42 Å². The Morgan fingerprint density at radius 3 is 2.94 bits per heavy atom. The van der Waals surface area contributed by atoms with Crippen molar-refractivity contribution >= 4 is 6.29 Å². The monoisotopic (exact) mass is 237 g/mol. The number of nitrogens with zero attached hydrogens (tertiary/aromatic N) is 3. The Morgan fingerprint density at radius 2 is 2.35 bits per heavy atom. The zero-order chi connectivity index (χ0) is 12.3. The van der Waals surface area contributed by atoms with E-state index in [1.807, 2.05) is 4.68 Å². The molecule has 1 aliphatic rings. The molecule has 5 heteroatoms. The van der Waals surface area contributed by atoms with Crippen LogP contribution in [0.2, 0.25) is 0 Å². The Labute approximate surface area is 101 Å². The molecule has 1 fully saturated rings. The summed E-state index contributed by atoms with van der Waals surface area (Å²) in [5, 5.41) is 16.8. The van der Waals surface area contributed by atoms with E-state index >= 15 is 0 Å². The molecule has 1 saturated carbocycles. The number of aldehydes is 1. The fraction of sp³-hybridized carbons (Fsp3) is 0.750. The Morgan fingerprint density at radius 1 is 1.59 bits per heavy atom. The second-order valence-electron chi connectivity index (χ2n) is 4.85. The third-order valence-electron chi connectivity index (χ3n) is 3.31. The van der Waals surface area contributed by atoms with Gasteiger partial charge >= 0.3 is 0 Å². The number of carbonyl (C=O) groups is 1. The van der Waals surface area contributed by atoms with Gasteiger partial charge in [-0.15, -0.1) is 5.10 Å². The molecular formula is C12H19N3O2. The maximum absolute atomic E-state index is 10.9. The maximum Gasteiger partial charge on any atom is 0.172 e. The average molecular weight is 237 g/mol. The van der Waals surface area contributed by atoms with Gasteiger partial charge in [-0.3, -0.25) is 4.79 Å². The first kappa shape index (κ1) is 12.2. The first-order valence-electron chi connectivity index (χ1n) is 6.26. The smallest absolute Gasteiger partial charge is 0.172 e. The second-order valence-corrected chi connectivity index (χ2v) is 4.85. The molecule has 0 amide bonds. The zero-order valence-corrected chi connectivity index (χ0v) is 10.2. The number of carbonyl (C=O) groups excluding carboxylic acids is 1. The highest BCUT2D eigenvalue weighted by atomic mass is 16.2. The lowest BCUT2D eigenvalue weighted by atomic mass is 10.1. The summed E-state index contributed by atoms with van der Waals surface area (Å²) in [5.41, 5.74) is 1.45. The molecule has 0 saturated heterocycles. The quantitative estimate of drug-likeness (QED) is 0.727. The molecule has 0 radical (unpaired) electrons. The van der Waals surface area contributed by atoms with Crippen molar-refractivity contribution in [3.63, 3.8) is 0 Å². The van der Waals surface area contributed by atoms with Crippen molar-refractivity contribution in [1.82, 2.24) is 15.0 Å². The van der Waals surface area contributed by atoms with Crippen LogP contribution in [0, 0.1) is 5.92 Å². The molecule has 0 spiro atoms. The Kier molecular flexibility index (Phi) is 3.89. The van der Waals surface area contributed by atoms with Crippen molar-refractivity contribution in [3.8, 4) is 0 Å². The molecular weight excluding hydrogens is 218 g/mol. The molecule has 0 aliphatic heterocycles. The van der Waals surface area contributed by atoms with Gasteiger partial charge in [0.15, 0.2) is 6.29 Å². The molecule has 1 N–H and O–H groups in total. The van der Waals surface area contributed by atoms with Crippen LogP contribution in [0.25, 0.3) is 0 Å². The minimum absolute atomic E-state index is 0.192. The largest absolute Gasteiger partial charge is 0.396 e. The van der Waals surface area contributed by atoms with Crippen molar-refractivity contribution in [2.45, 2.75) is 45.1 Å². The molecule has 1 unspecified atom stereocenters. The van der Waals surface area contributed by atoms with Gasteiger partial charge < -0.3 is 5.11 Å². The van der Waals surface area contributed by atoms with E-state index in [4.69, 9.17) is 5.11 Å². The average Bonchev–Trinajstić information content (AvgIpc) is 3.05. The summed E-state index contributed by atoms with van der Waals surface area (Å²) in [7, 11) is 0. The third-order valence-corrected chi connectivity index (χ3v) is 3.31. The molecule has 1 aromatic rings. The number of aliphatic hydroxyl groups is 1. The van der Waals surface area contributed by atoms with E-state index < -0.39 is 0 Å². The second kappa shape index (κ2) is 5.40. The molecule has 0 bridgehead atoms. The van der Waals surface area contributed by atoms with Crippen molar-refractivity contribution in [3.05, 3.63) is 11.4 Å². The van der Waals surface area contributed by atoms with E-state index in [2.05, 4.69) is 17.2 Å². The Balaban J connectivity index is 2.13. The van der Waals surface area contributed by atoms with E-state index in [9.17, 15) is 4.79 Å². The molecule has 1 heterocycles. The zero-order valence-electron chi connectivity index (χ0n) is 10.2. The van der Waals surface area contributed by atoms with Gasteiger partial charge in [0.1, 0.15) is 5.69 Å². The molecule has 1 atom stereocenters. The lowest BCUT2D eigenvalue weighted by Crippen LogP contribution is -2.12. The minimum Gasteiger partial charge on any atom is -0.396 e. The summed E-state index contributed by atoms with van der Waals surface area (Å²) in [4.78, 5) is 10.9. The van der Waals surface area contributed by atoms with Crippen LogP contribution in [0.3, 0.4) is 0 Å². The van der Waals surface area contributed by atoms with Gasteiger partial charge in [-0.05, 0) is 44.9 Å². The molecule has 94 valence electrons. The fourth-order valence-electron chi connectivity index (χ4n) is 2.07. The van der Waals surface area contributed by atoms with Crippen molar-refractivity contribution in [1.29, 1.82) is 0 Å². The van der Waals surface area contributed by atoms with E-state index in [0.717, 1.165) is 31.2 Å². The normalized spacial score (nSPS) is 17.1. The summed E-state index contributed by atoms with van der Waals surface area (Å²) in [6.07, 6.45) is 5.80. The van der Waals surface area contributed by atoms with Gasteiger partial charge in [0.25, 0.3) is 0 Å². The Bertz CT molecular complexity index is 385. The molecule has 1 aliphatic carbocycles. The highest BCUT2D eigenvalue weighted by Crippen LogP contribution is 2.33. The highest BCUT2D eigenvalue weighted by molar-refractivity contribution is 5.73. The molecule has 1 aromatic heterocycles. The Hall–Kier alpha value is -1.23. The lowest BCUT2D eigenvalue weighted by molar-refractivity contribution is 0.111. The molecule has 5 nitrogen and oxygen atoms in total. The SMILES string of the molecule is CC(CCCO)n1nnc(C=O)c1CC1CC1. The van der Waals surface area contributed by atoms with Gasteiger partial charge in [0.2, 0.25) is 0 Å². The van der Waals surface area contributed by atoms with Gasteiger partial charge in [-0.1, -0.05) is 5.21 Å². The van der Waals surface area contributed by atoms with Crippen LogP contribution >= 0.6 is 0 Å². The highest BCUT2D eigenvalue weighted by Gasteiger charge is 2.26. The van der Waals surface area contributed by atoms with E-state index in [1.165, 1.54) is 12.8 Å². The third kappa shape index (κ3) is 2.91. The minimum atomic E-state index is 0.192. The van der Waals surface area contributed by atoms with Crippen molar-refractivity contribution in [2.75, 3.05) is 6.61 Å². The van der Waals surface area contributed by atoms with E-state index in [0.29, 0.717) is 11.6 Å². The predicted molar refractivity (Wildman–Crippen MR) is 62.9 cm³/mol. The summed E-state index contributed by atoms with van der Waals surface area (Å²) < 4.78 is 1.86. The van der Waals surface area contributed by atoms with Crippen LogP contribution in [0.1, 0.15) is 54.8 Å². The summed E-state index contributed by atoms with van der Waals surface area (Å²) in [5.74, 6) is 0.705. The summed E-state index contributed by atoms with van der Waals surface area (Å²) in [6, 6.07) is 0.192. The van der Waals surface area contributed by atoms with E-state index in [1.54, 1.807) is 0 Å². The van der Waals surface area contributed by atoms with Crippen LogP contribution in [0.5, 0.6) is 0 Å². The van der Waals surface area contributed by atoms with E-state index in [-0.39, 0.29) is 12.6 Å². The molecule has 0 aromatic carbocycles. The first-order valence-corrected chi connectivity index (χ1v) is 6.26. The van der Waals surface area contributed by atoms with Gasteiger partial charge in [0, 0.05) is 6.61 Å². The lowest BCUT2D eigenvalue weighted by Gasteiger charge is -2.14. The summed E-state index contributed by atoms with van der Waals surface area (Å²) >= 11 is 0. The van der Waals surface area contributed by atoms with Crippen molar-refractivity contribution in [2.24, 2.45) is 5.92 Å². The van der Waals surface area contributed by atoms with Crippen molar-refractivity contribution < 1.29 is 9.90 Å². The van der Waals surface area contributed by atoms with Gasteiger partial charge in [0.05, 0.1) is 11.7 Å². The van der Waals surface area contributed by atoms with Crippen LogP contribution in [-0.4, -0.2) is 33.0 Å². The van der Waals surface area contributed by atoms with Gasteiger partial charge in [-0.25, -0.2) is 4.68 Å². The predicted octanol–water partition coefficient (Wildman–Crippen LogP) is 1.38. The topological polar surface area (TPSA) is 68.0 Å². The fourth-order valence-corrected chi connectivity index (χ4v) is 2.07. The molecule has 17 heavy (non-hydrogen) atoms. The van der Waals surface area contributed by atoms with Crippen LogP contribution in [0.15, 0.2) is 0 Å². The first-order chi connectivity index (χ1) is 8.26. The number of aromatic nitrogens is 3. The number of hydrogen-bond donors (Lipinski definition) is 1. The van der Waals surface area contributed by atoms with Gasteiger partial charge in [-0.2, -0.15) is 0 Å². The van der Waals surface area contributed by atoms with Crippen LogP contribution < -0.4 is 0 Å². The number of aliphatic hydroxyl groups excluding tert-OH is 1. The molecule has 2 rings (SSSR count). The number of hydrogen-bond acceptors (Lipinski definition) is 4. The number of rotatable bonds is 7.